The van der Waals surface area contributed by atoms with E-state index in [1.54, 1.807) is 31.5 Å². The summed E-state index contributed by atoms with van der Waals surface area (Å²) >= 11 is 0. The number of anilines is 1. The van der Waals surface area contributed by atoms with Gasteiger partial charge < -0.3 is 15.2 Å². The van der Waals surface area contributed by atoms with Crippen molar-refractivity contribution in [3.8, 4) is 11.6 Å². The second kappa shape index (κ2) is 5.21. The molecule has 0 fully saturated rings. The molecule has 0 unspecified atom stereocenters. The fourth-order valence-electron chi connectivity index (χ4n) is 1.48. The van der Waals surface area contributed by atoms with Crippen molar-refractivity contribution in [2.45, 2.75) is 6.54 Å². The van der Waals surface area contributed by atoms with Gasteiger partial charge in [-0.15, -0.1) is 0 Å². The summed E-state index contributed by atoms with van der Waals surface area (Å²) in [6, 6.07) is 10.8. The molecule has 0 radical (unpaired) electrons. The van der Waals surface area contributed by atoms with Crippen molar-refractivity contribution in [2.75, 3.05) is 12.4 Å². The number of phenols is 1. The van der Waals surface area contributed by atoms with Gasteiger partial charge in [0.05, 0.1) is 19.0 Å². The summed E-state index contributed by atoms with van der Waals surface area (Å²) in [6.07, 6.45) is 1.71. The maximum absolute atomic E-state index is 9.32. The van der Waals surface area contributed by atoms with Crippen LogP contribution in [0.5, 0.6) is 11.6 Å². The van der Waals surface area contributed by atoms with E-state index in [1.807, 2.05) is 18.2 Å². The standard InChI is InChI=1S/C13H14N2O2/c1-17-13-6-5-11(9-15-13)14-8-10-3-2-4-12(16)7-10/h2-7,9,14,16H,8H2,1H3. The maximum atomic E-state index is 9.32. The minimum Gasteiger partial charge on any atom is -0.508 e. The van der Waals surface area contributed by atoms with Crippen molar-refractivity contribution >= 4 is 5.69 Å². The molecular formula is C13H14N2O2. The van der Waals surface area contributed by atoms with Gasteiger partial charge in [-0.05, 0) is 23.8 Å². The topological polar surface area (TPSA) is 54.4 Å². The third-order valence-electron chi connectivity index (χ3n) is 2.35. The zero-order chi connectivity index (χ0) is 12.1. The lowest BCUT2D eigenvalue weighted by atomic mass is 10.2. The fraction of sp³-hybridized carbons (Fsp3) is 0.154. The lowest BCUT2D eigenvalue weighted by Crippen LogP contribution is -1.99. The van der Waals surface area contributed by atoms with Gasteiger partial charge in [-0.25, -0.2) is 4.98 Å². The highest BCUT2D eigenvalue weighted by Crippen LogP contribution is 2.14. The molecule has 0 aliphatic rings. The largest absolute Gasteiger partial charge is 0.508 e. The molecule has 2 aromatic rings. The van der Waals surface area contributed by atoms with Crippen LogP contribution in [0.1, 0.15) is 5.56 Å². The molecule has 0 saturated carbocycles. The lowest BCUT2D eigenvalue weighted by Gasteiger charge is -2.07. The zero-order valence-corrected chi connectivity index (χ0v) is 9.55. The van der Waals surface area contributed by atoms with E-state index in [2.05, 4.69) is 10.3 Å². The summed E-state index contributed by atoms with van der Waals surface area (Å²) in [5.41, 5.74) is 1.93. The van der Waals surface area contributed by atoms with Gasteiger partial charge in [-0.3, -0.25) is 0 Å². The SMILES string of the molecule is COc1ccc(NCc2cccc(O)c2)cn1. The Balaban J connectivity index is 1.97. The van der Waals surface area contributed by atoms with Crippen LogP contribution in [-0.4, -0.2) is 17.2 Å². The number of nitrogens with zero attached hydrogens (tertiary/aromatic N) is 1. The lowest BCUT2D eigenvalue weighted by molar-refractivity contribution is 0.398. The Kier molecular flexibility index (Phi) is 3.45. The van der Waals surface area contributed by atoms with Crippen molar-refractivity contribution in [3.63, 3.8) is 0 Å². The average molecular weight is 230 g/mol. The number of nitrogens with one attached hydrogen (secondary N) is 1. The Morgan fingerprint density at radius 3 is 2.82 bits per heavy atom. The third-order valence-corrected chi connectivity index (χ3v) is 2.35. The molecule has 88 valence electrons. The van der Waals surface area contributed by atoms with Crippen LogP contribution in [0.25, 0.3) is 0 Å². The van der Waals surface area contributed by atoms with Crippen LogP contribution in [0.3, 0.4) is 0 Å². The predicted octanol–water partition coefficient (Wildman–Crippen LogP) is 2.41. The van der Waals surface area contributed by atoms with Crippen LogP contribution < -0.4 is 10.1 Å². The van der Waals surface area contributed by atoms with E-state index in [4.69, 9.17) is 4.74 Å². The fourth-order valence-corrected chi connectivity index (χ4v) is 1.48. The van der Waals surface area contributed by atoms with E-state index in [1.165, 1.54) is 0 Å². The van der Waals surface area contributed by atoms with Crippen molar-refractivity contribution < 1.29 is 9.84 Å². The van der Waals surface area contributed by atoms with Gasteiger partial charge >= 0.3 is 0 Å². The van der Waals surface area contributed by atoms with Crippen LogP contribution in [0.2, 0.25) is 0 Å². The summed E-state index contributed by atoms with van der Waals surface area (Å²) in [5.74, 6) is 0.866. The first-order chi connectivity index (χ1) is 8.28. The number of aromatic hydroxyl groups is 1. The first kappa shape index (κ1) is 11.3. The Bertz CT molecular complexity index is 483. The Morgan fingerprint density at radius 1 is 1.29 bits per heavy atom. The predicted molar refractivity (Wildman–Crippen MR) is 66.2 cm³/mol. The number of rotatable bonds is 4. The van der Waals surface area contributed by atoms with E-state index < -0.39 is 0 Å². The molecule has 0 aliphatic carbocycles. The first-order valence-corrected chi connectivity index (χ1v) is 5.30. The minimum absolute atomic E-state index is 0.275. The van der Waals surface area contributed by atoms with Crippen LogP contribution in [0.4, 0.5) is 5.69 Å². The number of pyridine rings is 1. The normalized spacial score (nSPS) is 9.94. The first-order valence-electron chi connectivity index (χ1n) is 5.30. The summed E-state index contributed by atoms with van der Waals surface area (Å²) in [6.45, 7) is 0.641. The van der Waals surface area contributed by atoms with Crippen LogP contribution >= 0.6 is 0 Å². The van der Waals surface area contributed by atoms with Crippen LogP contribution in [-0.2, 0) is 6.54 Å². The minimum atomic E-state index is 0.275. The summed E-state index contributed by atoms with van der Waals surface area (Å²) in [4.78, 5) is 4.09. The van der Waals surface area contributed by atoms with Crippen LogP contribution in [0.15, 0.2) is 42.6 Å². The molecule has 4 heteroatoms. The molecule has 0 atom stereocenters. The Morgan fingerprint density at radius 2 is 2.18 bits per heavy atom. The number of hydrogen-bond acceptors (Lipinski definition) is 4. The van der Waals surface area contributed by atoms with Gasteiger partial charge in [0, 0.05) is 12.6 Å². The molecule has 0 amide bonds. The molecule has 2 N–H and O–H groups in total. The highest BCUT2D eigenvalue weighted by atomic mass is 16.5. The van der Waals surface area contributed by atoms with E-state index >= 15 is 0 Å². The number of phenolic OH excluding ortho intramolecular Hbond substituents is 1. The van der Waals surface area contributed by atoms with Gasteiger partial charge in [0.15, 0.2) is 0 Å². The van der Waals surface area contributed by atoms with Gasteiger partial charge in [0.2, 0.25) is 5.88 Å². The monoisotopic (exact) mass is 230 g/mol. The van der Waals surface area contributed by atoms with Crippen molar-refractivity contribution in [2.24, 2.45) is 0 Å². The van der Waals surface area contributed by atoms with E-state index in [0.29, 0.717) is 12.4 Å². The smallest absolute Gasteiger partial charge is 0.213 e. The molecule has 1 heterocycles. The van der Waals surface area contributed by atoms with Crippen molar-refractivity contribution in [1.82, 2.24) is 4.98 Å². The van der Waals surface area contributed by atoms with E-state index in [9.17, 15) is 5.11 Å². The van der Waals surface area contributed by atoms with Crippen LogP contribution in [0, 0.1) is 0 Å². The number of aromatic nitrogens is 1. The number of ether oxygens (including phenoxy) is 1. The quantitative estimate of drug-likeness (QED) is 0.846. The summed E-state index contributed by atoms with van der Waals surface area (Å²) < 4.78 is 4.98. The second-order valence-corrected chi connectivity index (χ2v) is 3.61. The second-order valence-electron chi connectivity index (χ2n) is 3.61. The third kappa shape index (κ3) is 3.11. The molecule has 2 rings (SSSR count). The van der Waals surface area contributed by atoms with Gasteiger partial charge in [-0.2, -0.15) is 0 Å². The van der Waals surface area contributed by atoms with E-state index in [-0.39, 0.29) is 5.75 Å². The highest BCUT2D eigenvalue weighted by Gasteiger charge is 1.97. The molecule has 0 bridgehead atoms. The number of methoxy groups -OCH3 is 1. The summed E-state index contributed by atoms with van der Waals surface area (Å²) in [5, 5.41) is 12.5. The van der Waals surface area contributed by atoms with E-state index in [0.717, 1.165) is 11.3 Å². The summed E-state index contributed by atoms with van der Waals surface area (Å²) in [7, 11) is 1.59. The Hall–Kier alpha value is -2.23. The van der Waals surface area contributed by atoms with Crippen molar-refractivity contribution in [3.05, 3.63) is 48.2 Å². The van der Waals surface area contributed by atoms with Gasteiger partial charge in [-0.1, -0.05) is 12.1 Å². The van der Waals surface area contributed by atoms with Gasteiger partial charge in [0.1, 0.15) is 5.75 Å². The number of hydrogen-bond donors (Lipinski definition) is 2. The molecule has 0 spiro atoms. The number of benzene rings is 1. The van der Waals surface area contributed by atoms with Crippen molar-refractivity contribution in [1.29, 1.82) is 0 Å². The van der Waals surface area contributed by atoms with Gasteiger partial charge in [0.25, 0.3) is 0 Å². The molecule has 0 saturated heterocycles. The zero-order valence-electron chi connectivity index (χ0n) is 9.55. The molecule has 17 heavy (non-hydrogen) atoms. The maximum Gasteiger partial charge on any atom is 0.213 e. The molecule has 1 aromatic heterocycles. The molecular weight excluding hydrogens is 216 g/mol. The molecule has 0 aliphatic heterocycles. The average Bonchev–Trinajstić information content (AvgIpc) is 2.37. The molecule has 1 aromatic carbocycles. The molecule has 4 nitrogen and oxygen atoms in total. The Labute approximate surface area is 99.9 Å². The highest BCUT2D eigenvalue weighted by molar-refractivity contribution is 5.43.